The van der Waals surface area contributed by atoms with Gasteiger partial charge in [0, 0.05) is 26.1 Å². The van der Waals surface area contributed by atoms with Crippen molar-refractivity contribution in [2.75, 3.05) is 19.7 Å². The van der Waals surface area contributed by atoms with E-state index in [9.17, 15) is 14.7 Å². The van der Waals surface area contributed by atoms with Gasteiger partial charge in [0.2, 0.25) is 5.91 Å². The maximum atomic E-state index is 12.1. The molecule has 1 amide bonds. The van der Waals surface area contributed by atoms with E-state index in [4.69, 9.17) is 5.11 Å². The summed E-state index contributed by atoms with van der Waals surface area (Å²) in [6.45, 7) is 2.99. The SMILES string of the molecule is CCN(CCCO)C(=O)CC1(C(=O)O)CCCC1. The first kappa shape index (κ1) is 15.0. The number of carboxylic acid groups (broad SMARTS) is 1. The quantitative estimate of drug-likeness (QED) is 0.719. The fourth-order valence-electron chi connectivity index (χ4n) is 2.64. The van der Waals surface area contributed by atoms with Gasteiger partial charge in [0.25, 0.3) is 0 Å². The molecule has 0 bridgehead atoms. The number of hydrogen-bond donors (Lipinski definition) is 2. The molecular weight excluding hydrogens is 234 g/mol. The maximum Gasteiger partial charge on any atom is 0.310 e. The zero-order chi connectivity index (χ0) is 13.6. The molecule has 0 aromatic carbocycles. The number of carbonyl (C=O) groups is 2. The van der Waals surface area contributed by atoms with Gasteiger partial charge in [-0.1, -0.05) is 12.8 Å². The third-order valence-corrected chi connectivity index (χ3v) is 3.82. The lowest BCUT2D eigenvalue weighted by Crippen LogP contribution is -2.39. The van der Waals surface area contributed by atoms with Crippen molar-refractivity contribution in [2.45, 2.75) is 45.4 Å². The summed E-state index contributed by atoms with van der Waals surface area (Å²) < 4.78 is 0. The van der Waals surface area contributed by atoms with Gasteiger partial charge in [-0.2, -0.15) is 0 Å². The van der Waals surface area contributed by atoms with E-state index >= 15 is 0 Å². The molecule has 0 aliphatic heterocycles. The Kier molecular flexibility index (Phi) is 5.59. The van der Waals surface area contributed by atoms with E-state index in [1.807, 2.05) is 6.92 Å². The fourth-order valence-corrected chi connectivity index (χ4v) is 2.64. The Morgan fingerprint density at radius 3 is 2.33 bits per heavy atom. The van der Waals surface area contributed by atoms with Gasteiger partial charge in [-0.3, -0.25) is 9.59 Å². The summed E-state index contributed by atoms with van der Waals surface area (Å²) in [6.07, 6.45) is 3.63. The Hall–Kier alpha value is -1.10. The molecule has 18 heavy (non-hydrogen) atoms. The van der Waals surface area contributed by atoms with Crippen molar-refractivity contribution in [1.29, 1.82) is 0 Å². The zero-order valence-electron chi connectivity index (χ0n) is 11.0. The minimum absolute atomic E-state index is 0.0495. The molecule has 0 aromatic heterocycles. The van der Waals surface area contributed by atoms with Gasteiger partial charge in [0.15, 0.2) is 0 Å². The van der Waals surface area contributed by atoms with Crippen molar-refractivity contribution >= 4 is 11.9 Å². The topological polar surface area (TPSA) is 77.8 Å². The minimum Gasteiger partial charge on any atom is -0.481 e. The molecule has 0 spiro atoms. The Balaban J connectivity index is 2.62. The largest absolute Gasteiger partial charge is 0.481 e. The predicted octanol–water partition coefficient (Wildman–Crippen LogP) is 1.25. The van der Waals surface area contributed by atoms with Gasteiger partial charge in [-0.15, -0.1) is 0 Å². The summed E-state index contributed by atoms with van der Waals surface area (Å²) in [5.41, 5.74) is -0.844. The van der Waals surface area contributed by atoms with E-state index in [2.05, 4.69) is 0 Å². The fraction of sp³-hybridized carbons (Fsp3) is 0.846. The molecule has 5 nitrogen and oxygen atoms in total. The summed E-state index contributed by atoms with van der Waals surface area (Å²) in [6, 6.07) is 0. The molecule has 0 saturated heterocycles. The molecule has 1 aliphatic carbocycles. The summed E-state index contributed by atoms with van der Waals surface area (Å²) in [5, 5.41) is 18.1. The van der Waals surface area contributed by atoms with Gasteiger partial charge in [-0.25, -0.2) is 0 Å². The first-order valence-electron chi connectivity index (χ1n) is 6.68. The molecular formula is C13H23NO4. The second kappa shape index (κ2) is 6.73. The van der Waals surface area contributed by atoms with Crippen LogP contribution in [0, 0.1) is 5.41 Å². The second-order valence-corrected chi connectivity index (χ2v) is 5.02. The minimum atomic E-state index is -0.844. The molecule has 1 fully saturated rings. The van der Waals surface area contributed by atoms with Crippen LogP contribution in [0.25, 0.3) is 0 Å². The van der Waals surface area contributed by atoms with Crippen molar-refractivity contribution in [3.05, 3.63) is 0 Å². The lowest BCUT2D eigenvalue weighted by atomic mass is 9.82. The second-order valence-electron chi connectivity index (χ2n) is 5.02. The van der Waals surface area contributed by atoms with Gasteiger partial charge < -0.3 is 15.1 Å². The zero-order valence-corrected chi connectivity index (χ0v) is 11.0. The number of aliphatic hydroxyl groups excluding tert-OH is 1. The Morgan fingerprint density at radius 1 is 1.28 bits per heavy atom. The Labute approximate surface area is 108 Å². The predicted molar refractivity (Wildman–Crippen MR) is 67.1 cm³/mol. The van der Waals surface area contributed by atoms with E-state index in [0.717, 1.165) is 12.8 Å². The first-order chi connectivity index (χ1) is 8.55. The third-order valence-electron chi connectivity index (χ3n) is 3.82. The van der Waals surface area contributed by atoms with Gasteiger partial charge in [0.1, 0.15) is 0 Å². The molecule has 1 rings (SSSR count). The van der Waals surface area contributed by atoms with Crippen LogP contribution < -0.4 is 0 Å². The van der Waals surface area contributed by atoms with Crippen molar-refractivity contribution in [3.8, 4) is 0 Å². The average molecular weight is 257 g/mol. The van der Waals surface area contributed by atoms with Crippen LogP contribution in [0.15, 0.2) is 0 Å². The highest BCUT2D eigenvalue weighted by atomic mass is 16.4. The number of aliphatic hydroxyl groups is 1. The number of carbonyl (C=O) groups excluding carboxylic acids is 1. The van der Waals surface area contributed by atoms with Crippen molar-refractivity contribution in [2.24, 2.45) is 5.41 Å². The molecule has 0 aromatic rings. The molecule has 0 atom stereocenters. The molecule has 0 unspecified atom stereocenters. The highest BCUT2D eigenvalue weighted by Crippen LogP contribution is 2.41. The van der Waals surface area contributed by atoms with Gasteiger partial charge in [-0.05, 0) is 26.2 Å². The number of rotatable bonds is 7. The van der Waals surface area contributed by atoms with Crippen molar-refractivity contribution < 1.29 is 19.8 Å². The van der Waals surface area contributed by atoms with E-state index < -0.39 is 11.4 Å². The van der Waals surface area contributed by atoms with Crippen LogP contribution in [-0.4, -0.2) is 46.7 Å². The van der Waals surface area contributed by atoms with Crippen LogP contribution in [-0.2, 0) is 9.59 Å². The first-order valence-corrected chi connectivity index (χ1v) is 6.68. The third kappa shape index (κ3) is 3.45. The summed E-state index contributed by atoms with van der Waals surface area (Å²) in [4.78, 5) is 25.1. The van der Waals surface area contributed by atoms with Crippen LogP contribution in [0.1, 0.15) is 45.4 Å². The number of hydrogen-bond acceptors (Lipinski definition) is 3. The summed E-state index contributed by atoms with van der Waals surface area (Å²) in [7, 11) is 0. The van der Waals surface area contributed by atoms with Crippen LogP contribution in [0.4, 0.5) is 0 Å². The van der Waals surface area contributed by atoms with Crippen molar-refractivity contribution in [3.63, 3.8) is 0 Å². The van der Waals surface area contributed by atoms with Gasteiger partial charge in [0.05, 0.1) is 5.41 Å². The molecule has 0 radical (unpaired) electrons. The number of aliphatic carboxylic acids is 1. The number of nitrogens with zero attached hydrogens (tertiary/aromatic N) is 1. The highest BCUT2D eigenvalue weighted by molar-refractivity contribution is 5.85. The summed E-state index contributed by atoms with van der Waals surface area (Å²) in [5.74, 6) is -0.943. The average Bonchev–Trinajstić information content (AvgIpc) is 2.80. The van der Waals surface area contributed by atoms with E-state index in [1.54, 1.807) is 4.90 Å². The van der Waals surface area contributed by atoms with E-state index in [-0.39, 0.29) is 18.9 Å². The molecule has 1 saturated carbocycles. The van der Waals surface area contributed by atoms with Crippen LogP contribution >= 0.6 is 0 Å². The Morgan fingerprint density at radius 2 is 1.89 bits per heavy atom. The van der Waals surface area contributed by atoms with E-state index in [1.165, 1.54) is 0 Å². The van der Waals surface area contributed by atoms with Crippen LogP contribution in [0.3, 0.4) is 0 Å². The van der Waals surface area contributed by atoms with E-state index in [0.29, 0.717) is 32.4 Å². The highest BCUT2D eigenvalue weighted by Gasteiger charge is 2.43. The maximum absolute atomic E-state index is 12.1. The molecule has 2 N–H and O–H groups in total. The standard InChI is InChI=1S/C13H23NO4/c1-2-14(8-5-9-15)11(16)10-13(12(17)18)6-3-4-7-13/h15H,2-10H2,1H3,(H,17,18). The van der Waals surface area contributed by atoms with Gasteiger partial charge >= 0.3 is 5.97 Å². The number of carboxylic acids is 1. The normalized spacial score (nSPS) is 17.7. The molecule has 0 heterocycles. The molecule has 104 valence electrons. The number of amides is 1. The monoisotopic (exact) mass is 257 g/mol. The van der Waals surface area contributed by atoms with Crippen molar-refractivity contribution in [1.82, 2.24) is 4.90 Å². The molecule has 5 heteroatoms. The molecule has 1 aliphatic rings. The van der Waals surface area contributed by atoms with Crippen LogP contribution in [0.5, 0.6) is 0 Å². The smallest absolute Gasteiger partial charge is 0.310 e. The van der Waals surface area contributed by atoms with Crippen LogP contribution in [0.2, 0.25) is 0 Å². The lowest BCUT2D eigenvalue weighted by Gasteiger charge is -2.27. The lowest BCUT2D eigenvalue weighted by molar-refractivity contribution is -0.153. The summed E-state index contributed by atoms with van der Waals surface area (Å²) >= 11 is 0. The Bertz CT molecular complexity index is 297.